The number of hydrazine groups is 1. The second-order valence-electron chi connectivity index (χ2n) is 4.18. The first-order chi connectivity index (χ1) is 7.90. The highest BCUT2D eigenvalue weighted by Crippen LogP contribution is 2.15. The Balaban J connectivity index is 2.14. The van der Waals surface area contributed by atoms with Gasteiger partial charge in [0.05, 0.1) is 17.5 Å². The molecule has 1 heterocycles. The molecule has 0 bridgehead atoms. The molecule has 0 saturated carbocycles. The van der Waals surface area contributed by atoms with Crippen LogP contribution in [0, 0.1) is 6.92 Å². The Labute approximate surface area is 100 Å². The van der Waals surface area contributed by atoms with E-state index in [0.29, 0.717) is 0 Å². The molecule has 1 fully saturated rings. The Bertz CT molecular complexity index is 536. The Kier molecular flexibility index (Phi) is 3.03. The van der Waals surface area contributed by atoms with Crippen LogP contribution in [0.3, 0.4) is 0 Å². The molecule has 6 heteroatoms. The summed E-state index contributed by atoms with van der Waals surface area (Å²) in [5, 5.41) is 1.41. The number of ketones is 1. The lowest BCUT2D eigenvalue weighted by atomic mass is 10.1. The van der Waals surface area contributed by atoms with Crippen molar-refractivity contribution in [2.75, 3.05) is 6.54 Å². The van der Waals surface area contributed by atoms with Crippen molar-refractivity contribution < 1.29 is 13.2 Å². The molecule has 1 aliphatic rings. The molecule has 0 aromatic heterocycles. The zero-order valence-electron chi connectivity index (χ0n) is 9.67. The standard InChI is InChI=1S/C11H14N2O3S/c1-8-3-5-10(6-4-8)17(15,16)12-13-7-11(14)9(13)2/h3-6,9,12H,7H2,1-2H3. The quantitative estimate of drug-likeness (QED) is 0.851. The summed E-state index contributed by atoms with van der Waals surface area (Å²) in [4.78, 5) is 13.6. The molecule has 1 aliphatic heterocycles. The van der Waals surface area contributed by atoms with E-state index < -0.39 is 10.0 Å². The molecular formula is C11H14N2O3S. The Hall–Kier alpha value is -1.24. The van der Waals surface area contributed by atoms with E-state index in [2.05, 4.69) is 4.83 Å². The van der Waals surface area contributed by atoms with Gasteiger partial charge in [-0.2, -0.15) is 0 Å². The van der Waals surface area contributed by atoms with Gasteiger partial charge in [0.25, 0.3) is 10.0 Å². The number of nitrogens with one attached hydrogen (secondary N) is 1. The number of carbonyl (C=O) groups is 1. The summed E-state index contributed by atoms with van der Waals surface area (Å²) in [5.74, 6) is 0.0385. The van der Waals surface area contributed by atoms with E-state index in [-0.39, 0.29) is 23.3 Å². The summed E-state index contributed by atoms with van der Waals surface area (Å²) in [6.07, 6.45) is 0. The van der Waals surface area contributed by atoms with Gasteiger partial charge < -0.3 is 0 Å². The molecule has 0 spiro atoms. The lowest BCUT2D eigenvalue weighted by Gasteiger charge is -2.36. The summed E-state index contributed by atoms with van der Waals surface area (Å²) in [7, 11) is -3.57. The maximum atomic E-state index is 11.9. The second kappa shape index (κ2) is 4.21. The van der Waals surface area contributed by atoms with Gasteiger partial charge in [-0.05, 0) is 26.0 Å². The molecule has 0 radical (unpaired) electrons. The van der Waals surface area contributed by atoms with Gasteiger partial charge in [-0.3, -0.25) is 4.79 Å². The van der Waals surface area contributed by atoms with Crippen LogP contribution in [0.1, 0.15) is 12.5 Å². The second-order valence-corrected chi connectivity index (χ2v) is 5.84. The minimum atomic E-state index is -3.57. The fourth-order valence-electron chi connectivity index (χ4n) is 1.53. The number of nitrogens with zero attached hydrogens (tertiary/aromatic N) is 1. The molecule has 0 aliphatic carbocycles. The van der Waals surface area contributed by atoms with E-state index in [1.807, 2.05) is 6.92 Å². The fraction of sp³-hybridized carbons (Fsp3) is 0.364. The average molecular weight is 254 g/mol. The van der Waals surface area contributed by atoms with Crippen molar-refractivity contribution in [2.24, 2.45) is 0 Å². The van der Waals surface area contributed by atoms with Crippen molar-refractivity contribution in [1.82, 2.24) is 9.84 Å². The SMILES string of the molecule is Cc1ccc(S(=O)(=O)NN2CC(=O)C2C)cc1. The van der Waals surface area contributed by atoms with Gasteiger partial charge >= 0.3 is 0 Å². The molecule has 1 saturated heterocycles. The molecule has 0 amide bonds. The van der Waals surface area contributed by atoms with E-state index in [9.17, 15) is 13.2 Å². The summed E-state index contributed by atoms with van der Waals surface area (Å²) < 4.78 is 23.9. The predicted molar refractivity (Wildman–Crippen MR) is 62.7 cm³/mol. The van der Waals surface area contributed by atoms with E-state index in [1.165, 1.54) is 5.01 Å². The molecule has 1 aromatic carbocycles. The lowest BCUT2D eigenvalue weighted by molar-refractivity contribution is -0.136. The van der Waals surface area contributed by atoms with Crippen molar-refractivity contribution in [3.05, 3.63) is 29.8 Å². The van der Waals surface area contributed by atoms with Crippen LogP contribution in [0.2, 0.25) is 0 Å². The summed E-state index contributed by atoms with van der Waals surface area (Å²) >= 11 is 0. The molecule has 5 nitrogen and oxygen atoms in total. The first kappa shape index (κ1) is 12.2. The molecule has 1 atom stereocenters. The van der Waals surface area contributed by atoms with Crippen molar-refractivity contribution in [3.63, 3.8) is 0 Å². The predicted octanol–water partition coefficient (Wildman–Crippen LogP) is 0.462. The molecule has 1 N–H and O–H groups in total. The molecular weight excluding hydrogens is 240 g/mol. The molecule has 17 heavy (non-hydrogen) atoms. The minimum absolute atomic E-state index is 0.0385. The molecule has 2 rings (SSSR count). The first-order valence-electron chi connectivity index (χ1n) is 5.28. The van der Waals surface area contributed by atoms with Crippen LogP contribution in [-0.2, 0) is 14.8 Å². The van der Waals surface area contributed by atoms with E-state index >= 15 is 0 Å². The Morgan fingerprint density at radius 3 is 2.35 bits per heavy atom. The number of Topliss-reactive ketones (excluding diaryl/α,β-unsaturated/α-hetero) is 1. The summed E-state index contributed by atoms with van der Waals surface area (Å²) in [6.45, 7) is 3.69. The number of hydrogen-bond donors (Lipinski definition) is 1. The summed E-state index contributed by atoms with van der Waals surface area (Å²) in [5.41, 5.74) is 0.997. The van der Waals surface area contributed by atoms with Gasteiger partial charge in [0.2, 0.25) is 0 Å². The van der Waals surface area contributed by atoms with Crippen molar-refractivity contribution >= 4 is 15.8 Å². The average Bonchev–Trinajstić information content (AvgIpc) is 2.28. The number of rotatable bonds is 3. The van der Waals surface area contributed by atoms with Crippen LogP contribution in [0.5, 0.6) is 0 Å². The highest BCUT2D eigenvalue weighted by molar-refractivity contribution is 7.89. The maximum absolute atomic E-state index is 11.9. The normalized spacial score (nSPS) is 21.3. The van der Waals surface area contributed by atoms with E-state index in [4.69, 9.17) is 0 Å². The highest BCUT2D eigenvalue weighted by Gasteiger charge is 2.36. The Morgan fingerprint density at radius 1 is 1.29 bits per heavy atom. The van der Waals surface area contributed by atoms with Gasteiger partial charge in [0.1, 0.15) is 0 Å². The fourth-order valence-corrected chi connectivity index (χ4v) is 2.67. The minimum Gasteiger partial charge on any atom is -0.296 e. The largest absolute Gasteiger partial charge is 0.296 e. The summed E-state index contributed by atoms with van der Waals surface area (Å²) in [6, 6.07) is 6.18. The van der Waals surface area contributed by atoms with Gasteiger partial charge in [-0.1, -0.05) is 17.7 Å². The number of aryl methyl sites for hydroxylation is 1. The van der Waals surface area contributed by atoms with E-state index in [1.54, 1.807) is 31.2 Å². The topological polar surface area (TPSA) is 66.5 Å². The third-order valence-corrected chi connectivity index (χ3v) is 4.20. The highest BCUT2D eigenvalue weighted by atomic mass is 32.2. The number of hydrogen-bond acceptors (Lipinski definition) is 4. The maximum Gasteiger partial charge on any atom is 0.253 e. The van der Waals surface area contributed by atoms with E-state index in [0.717, 1.165) is 5.56 Å². The van der Waals surface area contributed by atoms with Crippen molar-refractivity contribution in [3.8, 4) is 0 Å². The van der Waals surface area contributed by atoms with Gasteiger partial charge in [-0.25, -0.2) is 13.4 Å². The van der Waals surface area contributed by atoms with Crippen molar-refractivity contribution in [1.29, 1.82) is 0 Å². The zero-order valence-corrected chi connectivity index (χ0v) is 10.5. The Morgan fingerprint density at radius 2 is 1.88 bits per heavy atom. The van der Waals surface area contributed by atoms with Gasteiger partial charge in [0, 0.05) is 0 Å². The first-order valence-corrected chi connectivity index (χ1v) is 6.77. The van der Waals surface area contributed by atoms with Crippen LogP contribution in [-0.4, -0.2) is 31.8 Å². The molecule has 1 aromatic rings. The third-order valence-electron chi connectivity index (χ3n) is 2.83. The number of carbonyl (C=O) groups excluding carboxylic acids is 1. The molecule has 92 valence electrons. The lowest BCUT2D eigenvalue weighted by Crippen LogP contribution is -2.62. The molecule has 1 unspecified atom stereocenters. The van der Waals surface area contributed by atoms with Gasteiger partial charge in [0.15, 0.2) is 5.78 Å². The van der Waals surface area contributed by atoms with Crippen LogP contribution >= 0.6 is 0 Å². The van der Waals surface area contributed by atoms with Crippen LogP contribution in [0.25, 0.3) is 0 Å². The smallest absolute Gasteiger partial charge is 0.253 e. The van der Waals surface area contributed by atoms with Crippen LogP contribution < -0.4 is 4.83 Å². The van der Waals surface area contributed by atoms with Crippen molar-refractivity contribution in [2.45, 2.75) is 24.8 Å². The number of sulfonamides is 1. The van der Waals surface area contributed by atoms with Crippen LogP contribution in [0.4, 0.5) is 0 Å². The number of benzene rings is 1. The monoisotopic (exact) mass is 254 g/mol. The third kappa shape index (κ3) is 2.38. The zero-order chi connectivity index (χ0) is 12.6. The van der Waals surface area contributed by atoms with Gasteiger partial charge in [-0.15, -0.1) is 4.83 Å². The van der Waals surface area contributed by atoms with Crippen LogP contribution in [0.15, 0.2) is 29.2 Å².